The minimum atomic E-state index is -2.87. The van der Waals surface area contributed by atoms with Gasteiger partial charge in [0.15, 0.2) is 0 Å². The molecule has 0 aliphatic rings. The first-order chi connectivity index (χ1) is 1.73. The zero-order valence-electron chi connectivity index (χ0n) is 1.76. The Morgan fingerprint density at radius 1 is 1.50 bits per heavy atom. The van der Waals surface area contributed by atoms with Gasteiger partial charge in [0, 0.05) is 0 Å². The van der Waals surface area contributed by atoms with Crippen molar-refractivity contribution in [3.8, 4) is 0 Å². The SMILES string of the molecule is N=[P+]([O-])[O-]. The molecule has 0 atom stereocenters. The van der Waals surface area contributed by atoms with Crippen molar-refractivity contribution in [2.45, 2.75) is 0 Å². The van der Waals surface area contributed by atoms with E-state index in [0.717, 1.165) is 0 Å². The maximum atomic E-state index is 8.70. The molecule has 0 fully saturated rings. The molecule has 0 heterocycles. The lowest BCUT2D eigenvalue weighted by atomic mass is 14.0. The molecule has 0 aliphatic heterocycles. The fourth-order valence-electron chi connectivity index (χ4n) is 0. The van der Waals surface area contributed by atoms with Gasteiger partial charge < -0.3 is 9.79 Å². The van der Waals surface area contributed by atoms with Crippen LogP contribution in [0.15, 0.2) is 0 Å². The van der Waals surface area contributed by atoms with Crippen molar-refractivity contribution < 1.29 is 9.79 Å². The van der Waals surface area contributed by atoms with Gasteiger partial charge in [0.25, 0.3) is 0 Å². The fourth-order valence-corrected chi connectivity index (χ4v) is 0. The summed E-state index contributed by atoms with van der Waals surface area (Å²) in [4.78, 5) is 17.4. The van der Waals surface area contributed by atoms with Gasteiger partial charge in [0.2, 0.25) is 0 Å². The summed E-state index contributed by atoms with van der Waals surface area (Å²) in [6, 6.07) is 0. The Bertz CT molecular complexity index is 29.0. The summed E-state index contributed by atoms with van der Waals surface area (Å²) in [5, 5.41) is 5.54. The molecule has 0 rings (SSSR count). The van der Waals surface area contributed by atoms with E-state index in [1.165, 1.54) is 0 Å². The van der Waals surface area contributed by atoms with Crippen LogP contribution in [0, 0.1) is 5.16 Å². The Labute approximate surface area is 24.3 Å². The molecule has 0 aliphatic carbocycles. The zero-order valence-corrected chi connectivity index (χ0v) is 2.66. The standard InChI is InChI=1S/H2NO2P/c1-4(2)3/h(H2,1,2,3)/p-1. The minimum absolute atomic E-state index is 2.87. The monoisotopic (exact) mass is 78.0 g/mol. The second-order valence-electron chi connectivity index (χ2n) is 0.257. The summed E-state index contributed by atoms with van der Waals surface area (Å²) < 4.78 is 0. The lowest BCUT2D eigenvalue weighted by Gasteiger charge is -1.82. The summed E-state index contributed by atoms with van der Waals surface area (Å²) in [7, 11) is -2.87. The van der Waals surface area contributed by atoms with Crippen molar-refractivity contribution in [3.05, 3.63) is 0 Å². The highest BCUT2D eigenvalue weighted by Crippen LogP contribution is 1.82. The lowest BCUT2D eigenvalue weighted by molar-refractivity contribution is -0.286. The average molecular weight is 78.0 g/mol. The van der Waals surface area contributed by atoms with Gasteiger partial charge in [-0.3, -0.25) is 0 Å². The van der Waals surface area contributed by atoms with Crippen LogP contribution in [0.2, 0.25) is 0 Å². The van der Waals surface area contributed by atoms with Crippen molar-refractivity contribution in [3.63, 3.8) is 0 Å². The third-order valence-corrected chi connectivity index (χ3v) is 0. The Hall–Kier alpha value is 0.0200. The van der Waals surface area contributed by atoms with E-state index in [4.69, 9.17) is 14.9 Å². The Balaban J connectivity index is 2.80. The number of rotatable bonds is 0. The molecule has 0 radical (unpaired) electrons. The Morgan fingerprint density at radius 3 is 1.50 bits per heavy atom. The van der Waals surface area contributed by atoms with E-state index in [-0.39, 0.29) is 0 Å². The maximum absolute atomic E-state index is 8.70. The maximum Gasteiger partial charge on any atom is 0.120 e. The second-order valence-corrected chi connectivity index (χ2v) is 0.771. The minimum Gasteiger partial charge on any atom is -0.615 e. The highest BCUT2D eigenvalue weighted by molar-refractivity contribution is 7.29. The van der Waals surface area contributed by atoms with E-state index in [2.05, 4.69) is 0 Å². The zero-order chi connectivity index (χ0) is 3.58. The van der Waals surface area contributed by atoms with Crippen LogP contribution in [0.25, 0.3) is 0 Å². The molecule has 0 saturated carbocycles. The van der Waals surface area contributed by atoms with E-state index in [1.54, 1.807) is 0 Å². The predicted octanol–water partition coefficient (Wildman–Crippen LogP) is -1.22. The molecule has 0 amide bonds. The average Bonchev–Trinajstić information content (AvgIpc) is 0.811. The quantitative estimate of drug-likeness (QED) is 0.369. The van der Waals surface area contributed by atoms with E-state index >= 15 is 0 Å². The molecule has 0 bridgehead atoms. The number of hydrogen-bond donors (Lipinski definition) is 1. The van der Waals surface area contributed by atoms with Gasteiger partial charge in [-0.1, -0.05) is 0 Å². The van der Waals surface area contributed by atoms with Crippen molar-refractivity contribution in [1.82, 2.24) is 0 Å². The summed E-state index contributed by atoms with van der Waals surface area (Å²) >= 11 is 0. The molecule has 0 unspecified atom stereocenters. The van der Waals surface area contributed by atoms with Crippen LogP contribution < -0.4 is 9.79 Å². The third kappa shape index (κ3) is 5250. The van der Waals surface area contributed by atoms with Crippen molar-refractivity contribution >= 4 is 8.17 Å². The highest BCUT2D eigenvalue weighted by atomic mass is 31.1. The van der Waals surface area contributed by atoms with Crippen LogP contribution >= 0.6 is 8.17 Å². The topological polar surface area (TPSA) is 70.0 Å². The van der Waals surface area contributed by atoms with Crippen LogP contribution in [-0.2, 0) is 0 Å². The van der Waals surface area contributed by atoms with Gasteiger partial charge in [-0.15, -0.1) is 5.16 Å². The molecule has 1 N–H and O–H groups in total. The molecular weight excluding hydrogens is 77.0 g/mol. The van der Waals surface area contributed by atoms with Crippen LogP contribution in [-0.4, -0.2) is 0 Å². The summed E-state index contributed by atoms with van der Waals surface area (Å²) in [6.07, 6.45) is 0. The van der Waals surface area contributed by atoms with E-state index in [9.17, 15) is 0 Å². The molecule has 0 aromatic rings. The van der Waals surface area contributed by atoms with Crippen LogP contribution in [0.5, 0.6) is 0 Å². The van der Waals surface area contributed by atoms with Gasteiger partial charge in [-0.25, -0.2) is 0 Å². The Morgan fingerprint density at radius 2 is 1.50 bits per heavy atom. The second kappa shape index (κ2) is 1.35. The highest BCUT2D eigenvalue weighted by Gasteiger charge is 1.42. The van der Waals surface area contributed by atoms with Crippen molar-refractivity contribution in [2.24, 2.45) is 0 Å². The first-order valence-corrected chi connectivity index (χ1v) is 1.77. The fraction of sp³-hybridized carbons (Fsp3) is 0. The lowest BCUT2D eigenvalue weighted by Crippen LogP contribution is -1.96. The first kappa shape index (κ1) is 4.02. The van der Waals surface area contributed by atoms with Gasteiger partial charge >= 0.3 is 0 Å². The third-order valence-electron chi connectivity index (χ3n) is 0. The van der Waals surface area contributed by atoms with Crippen molar-refractivity contribution in [2.75, 3.05) is 0 Å². The normalized spacial score (nSPS) is 6.50. The number of nitrogens with one attached hydrogen (secondary N) is 1. The smallest absolute Gasteiger partial charge is 0.120 e. The van der Waals surface area contributed by atoms with E-state index < -0.39 is 8.17 Å². The van der Waals surface area contributed by atoms with E-state index in [1.807, 2.05) is 0 Å². The van der Waals surface area contributed by atoms with Crippen LogP contribution in [0.4, 0.5) is 0 Å². The van der Waals surface area contributed by atoms with Crippen LogP contribution in [0.3, 0.4) is 0 Å². The molecule has 0 aromatic heterocycles. The predicted molar refractivity (Wildman–Crippen MR) is 9.64 cm³/mol. The molecular formula is HNO2P-. The summed E-state index contributed by atoms with van der Waals surface area (Å²) in [6.45, 7) is 0. The van der Waals surface area contributed by atoms with Gasteiger partial charge in [-0.2, -0.15) is 0 Å². The Kier molecular flexibility index (Phi) is 1.36. The summed E-state index contributed by atoms with van der Waals surface area (Å²) in [5.74, 6) is 0. The molecule has 0 saturated heterocycles. The van der Waals surface area contributed by atoms with Gasteiger partial charge in [0.1, 0.15) is 8.17 Å². The van der Waals surface area contributed by atoms with Gasteiger partial charge in [-0.05, 0) is 0 Å². The molecule has 0 spiro atoms. The molecule has 0 aromatic carbocycles. The van der Waals surface area contributed by atoms with Crippen molar-refractivity contribution in [1.29, 1.82) is 5.16 Å². The van der Waals surface area contributed by atoms with E-state index in [0.29, 0.717) is 0 Å². The molecule has 3 nitrogen and oxygen atoms in total. The van der Waals surface area contributed by atoms with Crippen LogP contribution in [0.1, 0.15) is 0 Å². The number of hydrogen-bond acceptors (Lipinski definition) is 3. The molecule has 4 heavy (non-hydrogen) atoms. The molecule has 4 heteroatoms. The summed E-state index contributed by atoms with van der Waals surface area (Å²) in [5.41, 5.74) is 0. The first-order valence-electron chi connectivity index (χ1n) is 0.589. The molecule has 24 valence electrons. The largest absolute Gasteiger partial charge is 0.615 e. The van der Waals surface area contributed by atoms with Gasteiger partial charge in [0.05, 0.1) is 0 Å².